The van der Waals surface area contributed by atoms with Gasteiger partial charge in [-0.3, -0.25) is 0 Å². The molecule has 31 heavy (non-hydrogen) atoms. The number of hydrogen-bond donors (Lipinski definition) is 2. The van der Waals surface area contributed by atoms with Gasteiger partial charge in [-0.05, 0) is 61.1 Å². The Labute approximate surface area is 184 Å². The van der Waals surface area contributed by atoms with Crippen molar-refractivity contribution in [2.75, 3.05) is 23.3 Å². The Hall–Kier alpha value is -3.28. The molecule has 6 nitrogen and oxygen atoms in total. The number of benzene rings is 2. The van der Waals surface area contributed by atoms with Gasteiger partial charge in [0.2, 0.25) is 0 Å². The molecule has 6 heteroatoms. The van der Waals surface area contributed by atoms with Crippen LogP contribution in [0, 0.1) is 12.8 Å². The Kier molecular flexibility index (Phi) is 6.55. The third-order valence-electron chi connectivity index (χ3n) is 5.99. The molecule has 0 aliphatic carbocycles. The second-order valence-electron chi connectivity index (χ2n) is 8.45. The van der Waals surface area contributed by atoms with E-state index >= 15 is 0 Å². The van der Waals surface area contributed by atoms with Gasteiger partial charge < -0.3 is 20.1 Å². The fourth-order valence-electron chi connectivity index (χ4n) is 3.99. The molecule has 0 spiro atoms. The van der Waals surface area contributed by atoms with E-state index in [4.69, 9.17) is 0 Å². The summed E-state index contributed by atoms with van der Waals surface area (Å²) >= 11 is 0. The molecule has 4 rings (SSSR count). The first-order chi connectivity index (χ1) is 15.1. The molecule has 1 aromatic heterocycles. The smallest absolute Gasteiger partial charge is 0.319 e. The molecule has 162 valence electrons. The average molecular weight is 418 g/mol. The number of imidazole rings is 1. The van der Waals surface area contributed by atoms with Crippen molar-refractivity contribution in [3.63, 3.8) is 0 Å². The first kappa shape index (κ1) is 21.0. The zero-order valence-corrected chi connectivity index (χ0v) is 18.3. The predicted molar refractivity (Wildman–Crippen MR) is 125 cm³/mol. The minimum atomic E-state index is -0.199. The van der Waals surface area contributed by atoms with E-state index in [-0.39, 0.29) is 6.03 Å². The molecule has 2 heterocycles. The highest BCUT2D eigenvalue weighted by molar-refractivity contribution is 5.89. The lowest BCUT2D eigenvalue weighted by molar-refractivity contribution is 0.251. The van der Waals surface area contributed by atoms with Crippen LogP contribution in [0.5, 0.6) is 0 Å². The van der Waals surface area contributed by atoms with E-state index in [1.807, 2.05) is 43.6 Å². The number of nitrogens with one attached hydrogen (secondary N) is 2. The second-order valence-corrected chi connectivity index (χ2v) is 8.45. The lowest BCUT2D eigenvalue weighted by Gasteiger charge is -2.32. The Balaban J connectivity index is 1.27. The van der Waals surface area contributed by atoms with Gasteiger partial charge in [0.1, 0.15) is 5.82 Å². The maximum Gasteiger partial charge on any atom is 0.319 e. The monoisotopic (exact) mass is 417 g/mol. The Morgan fingerprint density at radius 2 is 1.84 bits per heavy atom. The summed E-state index contributed by atoms with van der Waals surface area (Å²) in [4.78, 5) is 19.0. The van der Waals surface area contributed by atoms with Crippen LogP contribution in [0.1, 0.15) is 36.7 Å². The van der Waals surface area contributed by atoms with Crippen LogP contribution in [0.4, 0.5) is 16.2 Å². The summed E-state index contributed by atoms with van der Waals surface area (Å²) in [6.07, 6.45) is 6.27. The van der Waals surface area contributed by atoms with Crippen LogP contribution in [0.25, 0.3) is 0 Å². The van der Waals surface area contributed by atoms with Crippen molar-refractivity contribution in [3.05, 3.63) is 77.9 Å². The van der Waals surface area contributed by atoms with Crippen molar-refractivity contribution in [2.45, 2.75) is 39.8 Å². The van der Waals surface area contributed by atoms with Crippen molar-refractivity contribution in [1.82, 2.24) is 14.9 Å². The van der Waals surface area contributed by atoms with Gasteiger partial charge in [-0.2, -0.15) is 0 Å². The summed E-state index contributed by atoms with van der Waals surface area (Å²) in [5.41, 5.74) is 4.28. The van der Waals surface area contributed by atoms with E-state index in [9.17, 15) is 4.79 Å². The molecule has 2 amide bonds. The number of rotatable bonds is 6. The zero-order valence-electron chi connectivity index (χ0n) is 18.3. The maximum absolute atomic E-state index is 12.3. The summed E-state index contributed by atoms with van der Waals surface area (Å²) in [7, 11) is 0. The molecule has 1 fully saturated rings. The molecule has 0 bridgehead atoms. The fourth-order valence-corrected chi connectivity index (χ4v) is 3.99. The maximum atomic E-state index is 12.3. The van der Waals surface area contributed by atoms with E-state index in [1.54, 1.807) is 0 Å². The van der Waals surface area contributed by atoms with Crippen molar-refractivity contribution in [3.8, 4) is 0 Å². The first-order valence-corrected chi connectivity index (χ1v) is 11.0. The summed E-state index contributed by atoms with van der Waals surface area (Å²) < 4.78 is 2.10. The third-order valence-corrected chi connectivity index (χ3v) is 5.99. The van der Waals surface area contributed by atoms with Gasteiger partial charge in [0.25, 0.3) is 0 Å². The predicted octanol–water partition coefficient (Wildman–Crippen LogP) is 4.80. The van der Waals surface area contributed by atoms with Gasteiger partial charge in [-0.15, -0.1) is 0 Å². The minimum Gasteiger partial charge on any atom is -0.372 e. The van der Waals surface area contributed by atoms with Crippen LogP contribution >= 0.6 is 0 Å². The van der Waals surface area contributed by atoms with Crippen LogP contribution in [0.2, 0.25) is 0 Å². The number of aryl methyl sites for hydroxylation is 1. The van der Waals surface area contributed by atoms with Crippen molar-refractivity contribution >= 4 is 17.4 Å². The van der Waals surface area contributed by atoms with Gasteiger partial charge in [0.05, 0.1) is 0 Å². The van der Waals surface area contributed by atoms with Gasteiger partial charge in [0, 0.05) is 49.9 Å². The van der Waals surface area contributed by atoms with Crippen LogP contribution in [-0.4, -0.2) is 28.7 Å². The second kappa shape index (κ2) is 9.69. The summed E-state index contributed by atoms with van der Waals surface area (Å²) in [6, 6.07) is 16.2. The molecule has 2 aromatic carbocycles. The van der Waals surface area contributed by atoms with Gasteiger partial charge in [0.15, 0.2) is 0 Å². The summed E-state index contributed by atoms with van der Waals surface area (Å²) in [5.74, 6) is 1.81. The fraction of sp³-hybridized carbons (Fsp3) is 0.360. The zero-order chi connectivity index (χ0) is 21.6. The third kappa shape index (κ3) is 5.66. The number of hydrogen-bond acceptors (Lipinski definition) is 3. The van der Waals surface area contributed by atoms with Crippen molar-refractivity contribution in [1.29, 1.82) is 0 Å². The van der Waals surface area contributed by atoms with Crippen LogP contribution in [-0.2, 0) is 13.1 Å². The summed E-state index contributed by atoms with van der Waals surface area (Å²) in [5, 5.41) is 5.87. The van der Waals surface area contributed by atoms with Gasteiger partial charge in [-0.25, -0.2) is 9.78 Å². The van der Waals surface area contributed by atoms with Crippen molar-refractivity contribution in [2.24, 2.45) is 5.92 Å². The molecule has 1 aliphatic heterocycles. The average Bonchev–Trinajstić information content (AvgIpc) is 3.18. The highest BCUT2D eigenvalue weighted by Crippen LogP contribution is 2.24. The van der Waals surface area contributed by atoms with E-state index < -0.39 is 0 Å². The number of nitrogens with zero attached hydrogens (tertiary/aromatic N) is 3. The van der Waals surface area contributed by atoms with E-state index in [0.29, 0.717) is 6.54 Å². The molecule has 1 saturated heterocycles. The number of piperidine rings is 1. The molecule has 0 unspecified atom stereocenters. The number of carbonyl (C=O) groups is 1. The first-order valence-electron chi connectivity index (χ1n) is 11.0. The Bertz CT molecular complexity index is 1000. The molecule has 0 saturated carbocycles. The normalized spacial score (nSPS) is 14.5. The number of carbonyl (C=O) groups excluding carboxylic acids is 1. The van der Waals surface area contributed by atoms with E-state index in [1.165, 1.54) is 24.1 Å². The van der Waals surface area contributed by atoms with Crippen molar-refractivity contribution < 1.29 is 4.79 Å². The van der Waals surface area contributed by atoms with Gasteiger partial charge in [-0.1, -0.05) is 31.2 Å². The summed E-state index contributed by atoms with van der Waals surface area (Å²) in [6.45, 7) is 7.78. The van der Waals surface area contributed by atoms with Crippen LogP contribution in [0.3, 0.4) is 0 Å². The minimum absolute atomic E-state index is 0.199. The Morgan fingerprint density at radius 3 is 2.55 bits per heavy atom. The molecule has 2 N–H and O–H groups in total. The number of urea groups is 1. The van der Waals surface area contributed by atoms with E-state index in [0.717, 1.165) is 42.6 Å². The molecular weight excluding hydrogens is 386 g/mol. The lowest BCUT2D eigenvalue weighted by Crippen LogP contribution is -2.32. The topological polar surface area (TPSA) is 62.2 Å². The Morgan fingerprint density at radius 1 is 1.10 bits per heavy atom. The molecule has 0 atom stereocenters. The largest absolute Gasteiger partial charge is 0.372 e. The quantitative estimate of drug-likeness (QED) is 0.606. The molecular formula is C25H31N5O. The molecule has 1 aliphatic rings. The van der Waals surface area contributed by atoms with E-state index in [2.05, 4.69) is 56.3 Å². The highest BCUT2D eigenvalue weighted by Gasteiger charge is 2.15. The van der Waals surface area contributed by atoms with Crippen LogP contribution in [0.15, 0.2) is 60.9 Å². The number of aromatic nitrogens is 2. The molecule has 3 aromatic rings. The van der Waals surface area contributed by atoms with Gasteiger partial charge >= 0.3 is 6.03 Å². The SMILES string of the molecule is Cc1nccn1Cc1cccc(CNC(=O)Nc2ccc(N3CCC(C)CC3)cc2)c1. The highest BCUT2D eigenvalue weighted by atomic mass is 16.2. The number of amides is 2. The number of anilines is 2. The lowest BCUT2D eigenvalue weighted by atomic mass is 9.99. The van der Waals surface area contributed by atoms with Crippen LogP contribution < -0.4 is 15.5 Å². The molecule has 0 radical (unpaired) electrons. The standard InChI is InChI=1S/C25H31N5O/c1-19-10-13-29(14-11-19)24-8-6-23(7-9-24)28-25(31)27-17-21-4-3-5-22(16-21)18-30-15-12-26-20(30)2/h3-9,12,15-16,19H,10-11,13-14,17-18H2,1-2H3,(H2,27,28,31).